The Morgan fingerprint density at radius 2 is 1.69 bits per heavy atom. The van der Waals surface area contributed by atoms with Crippen molar-refractivity contribution < 1.29 is 14.3 Å². The molecule has 0 spiro atoms. The lowest BCUT2D eigenvalue weighted by Crippen LogP contribution is -2.43. The zero-order valence-electron chi connectivity index (χ0n) is 22.2. The summed E-state index contributed by atoms with van der Waals surface area (Å²) in [6, 6.07) is 8.05. The molecule has 5 rings (SSSR count). The van der Waals surface area contributed by atoms with Crippen LogP contribution in [0.4, 0.5) is 10.5 Å². The molecule has 2 atom stereocenters. The van der Waals surface area contributed by atoms with Gasteiger partial charge in [0.05, 0.1) is 12.0 Å². The quantitative estimate of drug-likeness (QED) is 0.331. The summed E-state index contributed by atoms with van der Waals surface area (Å²) < 4.78 is 5.40. The van der Waals surface area contributed by atoms with Gasteiger partial charge in [-0.15, -0.1) is 0 Å². The van der Waals surface area contributed by atoms with E-state index in [0.717, 1.165) is 54.3 Å². The minimum atomic E-state index is -0.451. The molecule has 5 nitrogen and oxygen atoms in total. The molecule has 1 aliphatic heterocycles. The van der Waals surface area contributed by atoms with E-state index < -0.39 is 5.41 Å². The maximum absolute atomic E-state index is 12.7. The molecule has 3 saturated carbocycles. The first-order chi connectivity index (χ1) is 17.3. The summed E-state index contributed by atoms with van der Waals surface area (Å²) in [6.45, 7) is 9.63. The fraction of sp³-hybridized carbons (Fsp3) is 0.677. The van der Waals surface area contributed by atoms with E-state index in [1.54, 1.807) is 0 Å². The van der Waals surface area contributed by atoms with E-state index in [0.29, 0.717) is 18.4 Å². The van der Waals surface area contributed by atoms with Crippen molar-refractivity contribution in [2.75, 3.05) is 11.9 Å². The molecule has 2 unspecified atom stereocenters. The second-order valence-electron chi connectivity index (χ2n) is 12.8. The van der Waals surface area contributed by atoms with Gasteiger partial charge >= 0.3 is 12.0 Å². The van der Waals surface area contributed by atoms with Crippen LogP contribution in [0, 0.1) is 28.6 Å². The minimum absolute atomic E-state index is 0.0791. The lowest BCUT2D eigenvalue weighted by atomic mass is 9.60. The third-order valence-corrected chi connectivity index (χ3v) is 10.2. The highest BCUT2D eigenvalue weighted by molar-refractivity contribution is 5.89. The smallest absolute Gasteiger partial charge is 0.319 e. The van der Waals surface area contributed by atoms with Crippen molar-refractivity contribution in [2.24, 2.45) is 28.6 Å². The lowest BCUT2D eigenvalue weighted by Gasteiger charge is -2.46. The first kappa shape index (κ1) is 25.4. The molecule has 3 aliphatic carbocycles. The van der Waals surface area contributed by atoms with Gasteiger partial charge in [-0.25, -0.2) is 4.79 Å². The van der Waals surface area contributed by atoms with Crippen LogP contribution in [0.3, 0.4) is 0 Å². The van der Waals surface area contributed by atoms with Gasteiger partial charge in [0.2, 0.25) is 0 Å². The molecule has 1 aromatic rings. The molecule has 36 heavy (non-hydrogen) atoms. The Labute approximate surface area is 216 Å². The Morgan fingerprint density at radius 1 is 1.03 bits per heavy atom. The molecule has 0 radical (unpaired) electrons. The van der Waals surface area contributed by atoms with Crippen LogP contribution in [0.2, 0.25) is 0 Å². The van der Waals surface area contributed by atoms with Crippen LogP contribution in [-0.4, -0.2) is 24.6 Å². The van der Waals surface area contributed by atoms with Crippen molar-refractivity contribution in [1.29, 1.82) is 0 Å². The van der Waals surface area contributed by atoms with Crippen LogP contribution in [0.1, 0.15) is 90.0 Å². The number of amides is 2. The van der Waals surface area contributed by atoms with Crippen molar-refractivity contribution in [2.45, 2.75) is 96.9 Å². The maximum Gasteiger partial charge on any atom is 0.319 e. The van der Waals surface area contributed by atoms with Gasteiger partial charge in [0, 0.05) is 17.6 Å². The number of nitrogens with one attached hydrogen (secondary N) is 2. The number of cyclic esters (lactones) is 1. The van der Waals surface area contributed by atoms with E-state index in [4.69, 9.17) is 4.74 Å². The topological polar surface area (TPSA) is 67.4 Å². The van der Waals surface area contributed by atoms with Crippen molar-refractivity contribution in [3.8, 4) is 0 Å². The fourth-order valence-corrected chi connectivity index (χ4v) is 7.85. The standard InChI is InChI=1S/C31H44N2O3/c1-21-17-25-20-36-28(34)31(25,18-21)19-22-9-13-26(14-10-22)32-29(35)33-27-15-11-24(12-16-27)30(2,3)23-7-5-4-6-8-23/h9-10,13-14,23-25,27H,1,4-8,11-12,15-20H2,2-3H3,(H2,32,33,35). The van der Waals surface area contributed by atoms with E-state index in [1.165, 1.54) is 44.9 Å². The van der Waals surface area contributed by atoms with Gasteiger partial charge < -0.3 is 15.4 Å². The molecule has 2 amide bonds. The van der Waals surface area contributed by atoms with Crippen molar-refractivity contribution >= 4 is 17.7 Å². The summed E-state index contributed by atoms with van der Waals surface area (Å²) in [4.78, 5) is 25.3. The number of hydrogen-bond donors (Lipinski definition) is 2. The number of fused-ring (bicyclic) bond motifs is 1. The Kier molecular flexibility index (Phi) is 7.20. The maximum atomic E-state index is 12.7. The van der Waals surface area contributed by atoms with Gasteiger partial charge in [-0.05, 0) is 92.7 Å². The van der Waals surface area contributed by atoms with Gasteiger partial charge in [-0.2, -0.15) is 0 Å². The number of urea groups is 1. The van der Waals surface area contributed by atoms with Gasteiger partial charge in [-0.3, -0.25) is 4.79 Å². The fourth-order valence-electron chi connectivity index (χ4n) is 7.85. The molecule has 0 aromatic heterocycles. The van der Waals surface area contributed by atoms with Crippen molar-refractivity contribution in [3.05, 3.63) is 42.0 Å². The highest BCUT2D eigenvalue weighted by atomic mass is 16.5. The summed E-state index contributed by atoms with van der Waals surface area (Å²) in [7, 11) is 0. The Morgan fingerprint density at radius 3 is 2.39 bits per heavy atom. The largest absolute Gasteiger partial charge is 0.465 e. The predicted molar refractivity (Wildman–Crippen MR) is 144 cm³/mol. The number of allylic oxidation sites excluding steroid dienone is 1. The molecular weight excluding hydrogens is 448 g/mol. The number of benzene rings is 1. The number of anilines is 1. The lowest BCUT2D eigenvalue weighted by molar-refractivity contribution is -0.146. The molecule has 0 bridgehead atoms. The molecule has 196 valence electrons. The number of carbonyl (C=O) groups is 2. The molecule has 4 fully saturated rings. The van der Waals surface area contributed by atoms with Crippen LogP contribution in [-0.2, 0) is 16.0 Å². The number of esters is 1. The number of carbonyl (C=O) groups excluding carboxylic acids is 2. The van der Waals surface area contributed by atoms with E-state index >= 15 is 0 Å². The minimum Gasteiger partial charge on any atom is -0.465 e. The first-order valence-corrected chi connectivity index (χ1v) is 14.3. The van der Waals surface area contributed by atoms with E-state index in [-0.39, 0.29) is 24.0 Å². The summed E-state index contributed by atoms with van der Waals surface area (Å²) in [5.74, 6) is 1.79. The SMILES string of the molecule is C=C1CC2COC(=O)C2(Cc2ccc(NC(=O)NC3CCC(C(C)(C)C4CCCCC4)CC3)cc2)C1. The summed E-state index contributed by atoms with van der Waals surface area (Å²) in [6.07, 6.45) is 13.8. The zero-order chi connectivity index (χ0) is 25.3. The molecule has 4 aliphatic rings. The predicted octanol–water partition coefficient (Wildman–Crippen LogP) is 7.03. The molecule has 1 heterocycles. The normalized spacial score (nSPS) is 31.1. The van der Waals surface area contributed by atoms with Crippen LogP contribution >= 0.6 is 0 Å². The van der Waals surface area contributed by atoms with Gasteiger partial charge in [-0.1, -0.05) is 57.4 Å². The van der Waals surface area contributed by atoms with Crippen LogP contribution < -0.4 is 10.6 Å². The molecule has 1 aromatic carbocycles. The summed E-state index contributed by atoms with van der Waals surface area (Å²) >= 11 is 0. The molecule has 1 saturated heterocycles. The van der Waals surface area contributed by atoms with Crippen LogP contribution in [0.15, 0.2) is 36.4 Å². The monoisotopic (exact) mass is 492 g/mol. The second-order valence-corrected chi connectivity index (χ2v) is 12.8. The number of hydrogen-bond acceptors (Lipinski definition) is 3. The summed E-state index contributed by atoms with van der Waals surface area (Å²) in [5, 5.41) is 6.22. The van der Waals surface area contributed by atoms with E-state index in [9.17, 15) is 9.59 Å². The zero-order valence-corrected chi connectivity index (χ0v) is 22.2. The Hall–Kier alpha value is -2.30. The Balaban J connectivity index is 1.10. The third kappa shape index (κ3) is 5.08. The van der Waals surface area contributed by atoms with Gasteiger partial charge in [0.15, 0.2) is 0 Å². The summed E-state index contributed by atoms with van der Waals surface area (Å²) in [5.41, 5.74) is 2.99. The average Bonchev–Trinajstić information content (AvgIpc) is 3.34. The number of rotatable bonds is 6. The second kappa shape index (κ2) is 10.2. The van der Waals surface area contributed by atoms with Crippen molar-refractivity contribution in [3.63, 3.8) is 0 Å². The first-order valence-electron chi connectivity index (χ1n) is 14.3. The average molecular weight is 493 g/mol. The van der Waals surface area contributed by atoms with Gasteiger partial charge in [0.25, 0.3) is 0 Å². The van der Waals surface area contributed by atoms with E-state index in [2.05, 4.69) is 31.1 Å². The van der Waals surface area contributed by atoms with E-state index in [1.807, 2.05) is 24.3 Å². The highest BCUT2D eigenvalue weighted by Crippen LogP contribution is 2.52. The van der Waals surface area contributed by atoms with Crippen LogP contribution in [0.5, 0.6) is 0 Å². The van der Waals surface area contributed by atoms with Crippen LogP contribution in [0.25, 0.3) is 0 Å². The molecular formula is C31H44N2O3. The molecule has 5 heteroatoms. The highest BCUT2D eigenvalue weighted by Gasteiger charge is 2.55. The molecule has 2 N–H and O–H groups in total. The van der Waals surface area contributed by atoms with Crippen molar-refractivity contribution in [1.82, 2.24) is 5.32 Å². The van der Waals surface area contributed by atoms with Gasteiger partial charge in [0.1, 0.15) is 0 Å². The Bertz CT molecular complexity index is 970. The number of ether oxygens (including phenoxy) is 1. The third-order valence-electron chi connectivity index (χ3n) is 10.2.